The molecule has 0 aliphatic heterocycles. The van der Waals surface area contributed by atoms with Crippen molar-refractivity contribution in [3.63, 3.8) is 0 Å². The van der Waals surface area contributed by atoms with Gasteiger partial charge in [0.1, 0.15) is 11.0 Å². The standard InChI is InChI=1S/C16H14ClN3/c1-11-9-12(13-5-2-3-6-14(13)19-11)10-18-16-8-4-7-15(17)20-16/h2-9H,10H2,1H3,(H,18,20). The zero-order chi connectivity index (χ0) is 13.9. The van der Waals surface area contributed by atoms with Crippen molar-refractivity contribution >= 4 is 28.3 Å². The Morgan fingerprint density at radius 2 is 1.90 bits per heavy atom. The summed E-state index contributed by atoms with van der Waals surface area (Å²) in [7, 11) is 0. The van der Waals surface area contributed by atoms with Gasteiger partial charge in [-0.05, 0) is 36.8 Å². The van der Waals surface area contributed by atoms with Gasteiger partial charge in [0.05, 0.1) is 5.52 Å². The summed E-state index contributed by atoms with van der Waals surface area (Å²) in [4.78, 5) is 8.77. The maximum absolute atomic E-state index is 5.89. The minimum atomic E-state index is 0.491. The molecule has 0 atom stereocenters. The van der Waals surface area contributed by atoms with Gasteiger partial charge in [0.15, 0.2) is 0 Å². The summed E-state index contributed by atoms with van der Waals surface area (Å²) in [5.74, 6) is 0.774. The van der Waals surface area contributed by atoms with Crippen LogP contribution in [0.2, 0.25) is 5.15 Å². The summed E-state index contributed by atoms with van der Waals surface area (Å²) in [5, 5.41) is 4.95. The smallest absolute Gasteiger partial charge is 0.131 e. The Labute approximate surface area is 122 Å². The van der Waals surface area contributed by atoms with Gasteiger partial charge in [-0.2, -0.15) is 0 Å². The number of aryl methyl sites for hydroxylation is 1. The highest BCUT2D eigenvalue weighted by atomic mass is 35.5. The summed E-state index contributed by atoms with van der Waals surface area (Å²) < 4.78 is 0. The van der Waals surface area contributed by atoms with E-state index in [0.29, 0.717) is 11.7 Å². The van der Waals surface area contributed by atoms with Crippen molar-refractivity contribution in [2.45, 2.75) is 13.5 Å². The largest absolute Gasteiger partial charge is 0.366 e. The number of hydrogen-bond acceptors (Lipinski definition) is 3. The lowest BCUT2D eigenvalue weighted by atomic mass is 10.1. The van der Waals surface area contributed by atoms with Crippen molar-refractivity contribution < 1.29 is 0 Å². The minimum Gasteiger partial charge on any atom is -0.366 e. The van der Waals surface area contributed by atoms with Crippen LogP contribution in [0.25, 0.3) is 10.9 Å². The Morgan fingerprint density at radius 3 is 2.75 bits per heavy atom. The van der Waals surface area contributed by atoms with Crippen molar-refractivity contribution in [1.29, 1.82) is 0 Å². The summed E-state index contributed by atoms with van der Waals surface area (Å²) in [6.07, 6.45) is 0. The molecule has 0 saturated heterocycles. The number of benzene rings is 1. The van der Waals surface area contributed by atoms with Gasteiger partial charge in [-0.15, -0.1) is 0 Å². The molecular formula is C16H14ClN3. The average Bonchev–Trinajstić information content (AvgIpc) is 2.44. The van der Waals surface area contributed by atoms with Crippen LogP contribution in [-0.2, 0) is 6.54 Å². The first-order valence-electron chi connectivity index (χ1n) is 6.44. The van der Waals surface area contributed by atoms with E-state index < -0.39 is 0 Å². The average molecular weight is 284 g/mol. The molecule has 0 aliphatic rings. The molecule has 1 aromatic carbocycles. The van der Waals surface area contributed by atoms with E-state index in [4.69, 9.17) is 11.6 Å². The van der Waals surface area contributed by atoms with Crippen molar-refractivity contribution in [1.82, 2.24) is 9.97 Å². The SMILES string of the molecule is Cc1cc(CNc2cccc(Cl)n2)c2ccccc2n1. The third kappa shape index (κ3) is 2.73. The normalized spacial score (nSPS) is 10.7. The third-order valence-corrected chi connectivity index (χ3v) is 3.32. The molecule has 0 radical (unpaired) electrons. The molecule has 100 valence electrons. The van der Waals surface area contributed by atoms with Gasteiger partial charge in [-0.1, -0.05) is 35.9 Å². The van der Waals surface area contributed by atoms with E-state index in [0.717, 1.165) is 22.4 Å². The monoisotopic (exact) mass is 283 g/mol. The lowest BCUT2D eigenvalue weighted by molar-refractivity contribution is 1.10. The van der Waals surface area contributed by atoms with E-state index in [-0.39, 0.29) is 0 Å². The number of aromatic nitrogens is 2. The van der Waals surface area contributed by atoms with Crippen LogP contribution < -0.4 is 5.32 Å². The van der Waals surface area contributed by atoms with Gasteiger partial charge < -0.3 is 5.32 Å². The molecule has 0 spiro atoms. The number of nitrogens with one attached hydrogen (secondary N) is 1. The Bertz CT molecular complexity index is 756. The zero-order valence-corrected chi connectivity index (χ0v) is 11.9. The van der Waals surface area contributed by atoms with Crippen molar-refractivity contribution in [2.24, 2.45) is 0 Å². The number of para-hydroxylation sites is 1. The summed E-state index contributed by atoms with van der Waals surface area (Å²) in [6.45, 7) is 2.70. The molecule has 3 nitrogen and oxygen atoms in total. The molecular weight excluding hydrogens is 270 g/mol. The number of pyridine rings is 2. The summed E-state index contributed by atoms with van der Waals surface area (Å²) in [5.41, 5.74) is 3.23. The van der Waals surface area contributed by atoms with E-state index in [9.17, 15) is 0 Å². The predicted molar refractivity (Wildman–Crippen MR) is 83.1 cm³/mol. The minimum absolute atomic E-state index is 0.491. The molecule has 0 saturated carbocycles. The molecule has 0 unspecified atom stereocenters. The van der Waals surface area contributed by atoms with Crippen LogP contribution in [-0.4, -0.2) is 9.97 Å². The van der Waals surface area contributed by atoms with Gasteiger partial charge >= 0.3 is 0 Å². The van der Waals surface area contributed by atoms with Crippen LogP contribution in [0.3, 0.4) is 0 Å². The molecule has 3 aromatic rings. The second-order valence-corrected chi connectivity index (χ2v) is 5.03. The second kappa shape index (κ2) is 5.47. The van der Waals surface area contributed by atoms with Gasteiger partial charge in [0, 0.05) is 17.6 Å². The molecule has 0 fully saturated rings. The first-order chi connectivity index (χ1) is 9.72. The summed E-state index contributed by atoms with van der Waals surface area (Å²) in [6, 6.07) is 15.8. The van der Waals surface area contributed by atoms with Crippen molar-refractivity contribution in [2.75, 3.05) is 5.32 Å². The van der Waals surface area contributed by atoms with Crippen LogP contribution >= 0.6 is 11.6 Å². The quantitative estimate of drug-likeness (QED) is 0.732. The zero-order valence-electron chi connectivity index (χ0n) is 11.1. The van der Waals surface area contributed by atoms with Crippen LogP contribution in [0.4, 0.5) is 5.82 Å². The highest BCUT2D eigenvalue weighted by Crippen LogP contribution is 2.19. The molecule has 2 aromatic heterocycles. The fraction of sp³-hybridized carbons (Fsp3) is 0.125. The highest BCUT2D eigenvalue weighted by Gasteiger charge is 2.04. The Kier molecular flexibility index (Phi) is 3.52. The van der Waals surface area contributed by atoms with Crippen LogP contribution in [0.5, 0.6) is 0 Å². The Morgan fingerprint density at radius 1 is 1.05 bits per heavy atom. The van der Waals surface area contributed by atoms with E-state index in [1.165, 1.54) is 5.56 Å². The first kappa shape index (κ1) is 12.9. The molecule has 2 heterocycles. The summed E-state index contributed by atoms with van der Waals surface area (Å²) >= 11 is 5.89. The Hall–Kier alpha value is -2.13. The van der Waals surface area contributed by atoms with E-state index in [1.54, 1.807) is 6.07 Å². The maximum Gasteiger partial charge on any atom is 0.131 e. The van der Waals surface area contributed by atoms with Gasteiger partial charge in [0.25, 0.3) is 0 Å². The van der Waals surface area contributed by atoms with Crippen molar-refractivity contribution in [3.8, 4) is 0 Å². The van der Waals surface area contributed by atoms with Gasteiger partial charge in [-0.25, -0.2) is 4.98 Å². The fourth-order valence-corrected chi connectivity index (χ4v) is 2.40. The molecule has 0 aliphatic carbocycles. The first-order valence-corrected chi connectivity index (χ1v) is 6.82. The van der Waals surface area contributed by atoms with Gasteiger partial charge in [0.2, 0.25) is 0 Å². The number of rotatable bonds is 3. The molecule has 4 heteroatoms. The predicted octanol–water partition coefficient (Wildman–Crippen LogP) is 4.20. The molecule has 0 amide bonds. The van der Waals surface area contributed by atoms with Crippen molar-refractivity contribution in [3.05, 3.63) is 64.9 Å². The molecule has 0 bridgehead atoms. The molecule has 20 heavy (non-hydrogen) atoms. The fourth-order valence-electron chi connectivity index (χ4n) is 2.23. The topological polar surface area (TPSA) is 37.8 Å². The third-order valence-electron chi connectivity index (χ3n) is 3.10. The number of fused-ring (bicyclic) bond motifs is 1. The van der Waals surface area contributed by atoms with E-state index in [2.05, 4.69) is 27.4 Å². The van der Waals surface area contributed by atoms with Gasteiger partial charge in [-0.3, -0.25) is 4.98 Å². The highest BCUT2D eigenvalue weighted by molar-refractivity contribution is 6.29. The maximum atomic E-state index is 5.89. The van der Waals surface area contributed by atoms with Crippen LogP contribution in [0.15, 0.2) is 48.5 Å². The number of nitrogens with zero attached hydrogens (tertiary/aromatic N) is 2. The lowest BCUT2D eigenvalue weighted by Crippen LogP contribution is -2.03. The molecule has 3 rings (SSSR count). The van der Waals surface area contributed by atoms with E-state index >= 15 is 0 Å². The molecule has 1 N–H and O–H groups in total. The lowest BCUT2D eigenvalue weighted by Gasteiger charge is -2.10. The van der Waals surface area contributed by atoms with Crippen LogP contribution in [0, 0.1) is 6.92 Å². The Balaban J connectivity index is 1.91. The second-order valence-electron chi connectivity index (χ2n) is 4.64. The number of halogens is 1. The van der Waals surface area contributed by atoms with E-state index in [1.807, 2.05) is 37.3 Å². The number of anilines is 1. The van der Waals surface area contributed by atoms with Crippen LogP contribution in [0.1, 0.15) is 11.3 Å². The number of hydrogen-bond donors (Lipinski definition) is 1.